The van der Waals surface area contributed by atoms with Crippen LogP contribution in [0, 0.1) is 0 Å². The summed E-state index contributed by atoms with van der Waals surface area (Å²) in [5.74, 6) is 0. The summed E-state index contributed by atoms with van der Waals surface area (Å²) in [6.45, 7) is 0.992. The number of hydrogen-bond donors (Lipinski definition) is 0. The van der Waals surface area contributed by atoms with Gasteiger partial charge in [-0.1, -0.05) is 36.4 Å². The van der Waals surface area contributed by atoms with Crippen LogP contribution in [0.15, 0.2) is 66.9 Å². The maximum atomic E-state index is 4.13. The average Bonchev–Trinajstić information content (AvgIpc) is 2.78. The van der Waals surface area contributed by atoms with Crippen LogP contribution in [0.1, 0.15) is 24.0 Å². The average molecular weight is 275 g/mol. The van der Waals surface area contributed by atoms with E-state index in [1.165, 1.54) is 16.8 Å². The highest BCUT2D eigenvalue weighted by atomic mass is 15.2. The third-order valence-corrected chi connectivity index (χ3v) is 4.28. The third-order valence-electron chi connectivity index (χ3n) is 4.28. The van der Waals surface area contributed by atoms with Crippen molar-refractivity contribution in [2.24, 2.45) is 0 Å². The van der Waals surface area contributed by atoms with Crippen molar-refractivity contribution in [3.05, 3.63) is 78.0 Å². The molecule has 4 rings (SSSR count). The van der Waals surface area contributed by atoms with Gasteiger partial charge >= 0.3 is 0 Å². The second-order valence-electron chi connectivity index (χ2n) is 5.63. The first-order chi connectivity index (χ1) is 10.4. The van der Waals surface area contributed by atoms with Crippen molar-refractivity contribution >= 4 is 5.57 Å². The van der Waals surface area contributed by atoms with Crippen LogP contribution in [-0.4, -0.2) is 20.9 Å². The van der Waals surface area contributed by atoms with Crippen molar-refractivity contribution in [2.75, 3.05) is 0 Å². The fraction of sp³-hybridized carbons (Fsp3) is 0.222. The molecule has 2 aromatic rings. The molecule has 1 aromatic heterocycles. The van der Waals surface area contributed by atoms with E-state index in [2.05, 4.69) is 57.4 Å². The van der Waals surface area contributed by atoms with Crippen molar-refractivity contribution < 1.29 is 0 Å². The summed E-state index contributed by atoms with van der Waals surface area (Å²) >= 11 is 0. The van der Waals surface area contributed by atoms with Gasteiger partial charge in [-0.2, -0.15) is 0 Å². The van der Waals surface area contributed by atoms with Crippen LogP contribution in [0.2, 0.25) is 0 Å². The number of hydrogen-bond acceptors (Lipinski definition) is 3. The highest BCUT2D eigenvalue weighted by Gasteiger charge is 2.30. The highest BCUT2D eigenvalue weighted by Crippen LogP contribution is 2.38. The minimum absolute atomic E-state index is 0.570. The summed E-state index contributed by atoms with van der Waals surface area (Å²) < 4.78 is 0. The minimum Gasteiger partial charge on any atom is -0.364 e. The Morgan fingerprint density at radius 1 is 1.10 bits per heavy atom. The molecule has 2 aliphatic rings. The highest BCUT2D eigenvalue weighted by molar-refractivity contribution is 5.69. The standard InChI is InChI=1S/C18H17N3/c1-2-4-14(5-3-1)12-21-17-6-7-18(21)9-15(8-17)16-10-19-13-20-11-16/h1-6,8,10-11,13,18H,7,9,12H2. The van der Waals surface area contributed by atoms with Crippen molar-refractivity contribution in [1.29, 1.82) is 0 Å². The van der Waals surface area contributed by atoms with E-state index in [0.29, 0.717) is 6.04 Å². The first-order valence-corrected chi connectivity index (χ1v) is 7.37. The molecule has 1 aromatic carbocycles. The van der Waals surface area contributed by atoms with Crippen molar-refractivity contribution in [1.82, 2.24) is 14.9 Å². The molecule has 2 aliphatic heterocycles. The molecule has 0 radical (unpaired) electrons. The van der Waals surface area contributed by atoms with Crippen LogP contribution in [0.4, 0.5) is 0 Å². The Morgan fingerprint density at radius 2 is 1.90 bits per heavy atom. The molecule has 1 atom stereocenters. The zero-order valence-electron chi connectivity index (χ0n) is 11.8. The number of allylic oxidation sites excluding steroid dienone is 1. The SMILES string of the molecule is C1=C(c2cncnc2)CC2CC=C1N2Cc1ccccc1. The molecular weight excluding hydrogens is 258 g/mol. The Hall–Kier alpha value is -2.42. The van der Waals surface area contributed by atoms with Gasteiger partial charge in [-0.05, 0) is 30.1 Å². The molecule has 104 valence electrons. The monoisotopic (exact) mass is 275 g/mol. The topological polar surface area (TPSA) is 29.0 Å². The molecule has 0 N–H and O–H groups in total. The summed E-state index contributed by atoms with van der Waals surface area (Å²) in [5, 5.41) is 0. The van der Waals surface area contributed by atoms with Crippen LogP contribution < -0.4 is 0 Å². The molecule has 0 aliphatic carbocycles. The molecule has 1 unspecified atom stereocenters. The van der Waals surface area contributed by atoms with Crippen LogP contribution in [0.3, 0.4) is 0 Å². The molecule has 3 heteroatoms. The molecule has 3 heterocycles. The molecule has 0 amide bonds. The van der Waals surface area contributed by atoms with Crippen molar-refractivity contribution in [2.45, 2.75) is 25.4 Å². The number of nitrogens with zero attached hydrogens (tertiary/aromatic N) is 3. The lowest BCUT2D eigenvalue weighted by molar-refractivity contribution is 0.273. The van der Waals surface area contributed by atoms with E-state index in [9.17, 15) is 0 Å². The number of benzene rings is 1. The Bertz CT molecular complexity index is 689. The van der Waals surface area contributed by atoms with E-state index in [1.807, 2.05) is 12.4 Å². The van der Waals surface area contributed by atoms with Crippen molar-refractivity contribution in [3.63, 3.8) is 0 Å². The quantitative estimate of drug-likeness (QED) is 0.859. The van der Waals surface area contributed by atoms with Gasteiger partial charge in [-0.25, -0.2) is 9.97 Å². The lowest BCUT2D eigenvalue weighted by atomic mass is 9.96. The summed E-state index contributed by atoms with van der Waals surface area (Å²) in [5.41, 5.74) is 5.22. The molecule has 21 heavy (non-hydrogen) atoms. The van der Waals surface area contributed by atoms with Crippen LogP contribution in [0.5, 0.6) is 0 Å². The van der Waals surface area contributed by atoms with Gasteiger partial charge in [-0.15, -0.1) is 0 Å². The van der Waals surface area contributed by atoms with Gasteiger partial charge < -0.3 is 4.90 Å². The predicted molar refractivity (Wildman–Crippen MR) is 83.1 cm³/mol. The van der Waals surface area contributed by atoms with E-state index in [1.54, 1.807) is 6.33 Å². The summed E-state index contributed by atoms with van der Waals surface area (Å²) in [6, 6.07) is 11.3. The molecule has 0 saturated carbocycles. The lowest BCUT2D eigenvalue weighted by Crippen LogP contribution is -2.32. The normalized spacial score (nSPS) is 20.2. The lowest BCUT2D eigenvalue weighted by Gasteiger charge is -2.33. The fourth-order valence-electron chi connectivity index (χ4n) is 3.21. The zero-order valence-corrected chi connectivity index (χ0v) is 11.8. The molecular formula is C18H17N3. The first kappa shape index (κ1) is 12.3. The van der Waals surface area contributed by atoms with E-state index >= 15 is 0 Å². The number of fused-ring (bicyclic) bond motifs is 2. The largest absolute Gasteiger partial charge is 0.364 e. The van der Waals surface area contributed by atoms with Crippen LogP contribution in [0.25, 0.3) is 5.57 Å². The van der Waals surface area contributed by atoms with Gasteiger partial charge in [0.1, 0.15) is 6.33 Å². The predicted octanol–water partition coefficient (Wildman–Crippen LogP) is 3.42. The van der Waals surface area contributed by atoms with Gasteiger partial charge in [0.15, 0.2) is 0 Å². The molecule has 0 saturated heterocycles. The summed E-state index contributed by atoms with van der Waals surface area (Å²) in [4.78, 5) is 10.8. The maximum Gasteiger partial charge on any atom is 0.115 e. The van der Waals surface area contributed by atoms with E-state index in [0.717, 1.165) is 24.9 Å². The van der Waals surface area contributed by atoms with E-state index < -0.39 is 0 Å². The fourth-order valence-corrected chi connectivity index (χ4v) is 3.21. The first-order valence-electron chi connectivity index (χ1n) is 7.37. The smallest absolute Gasteiger partial charge is 0.115 e. The Morgan fingerprint density at radius 3 is 2.67 bits per heavy atom. The minimum atomic E-state index is 0.570. The molecule has 0 spiro atoms. The molecule has 0 fully saturated rings. The Labute approximate surface area is 124 Å². The van der Waals surface area contributed by atoms with Crippen LogP contribution >= 0.6 is 0 Å². The summed E-state index contributed by atoms with van der Waals surface area (Å²) in [7, 11) is 0. The van der Waals surface area contributed by atoms with E-state index in [4.69, 9.17) is 0 Å². The third kappa shape index (κ3) is 2.35. The second-order valence-corrected chi connectivity index (χ2v) is 5.63. The van der Waals surface area contributed by atoms with Gasteiger partial charge in [-0.3, -0.25) is 0 Å². The Kier molecular flexibility index (Phi) is 3.03. The maximum absolute atomic E-state index is 4.13. The van der Waals surface area contributed by atoms with Gasteiger partial charge in [0.2, 0.25) is 0 Å². The van der Waals surface area contributed by atoms with Crippen LogP contribution in [-0.2, 0) is 6.54 Å². The van der Waals surface area contributed by atoms with E-state index in [-0.39, 0.29) is 0 Å². The molecule has 3 nitrogen and oxygen atoms in total. The van der Waals surface area contributed by atoms with Gasteiger partial charge in [0.25, 0.3) is 0 Å². The Balaban J connectivity index is 1.59. The van der Waals surface area contributed by atoms with Gasteiger partial charge in [0.05, 0.1) is 0 Å². The second kappa shape index (κ2) is 5.17. The number of aromatic nitrogens is 2. The number of rotatable bonds is 3. The zero-order chi connectivity index (χ0) is 14.1. The van der Waals surface area contributed by atoms with Gasteiger partial charge in [0, 0.05) is 36.2 Å². The van der Waals surface area contributed by atoms with Crippen molar-refractivity contribution in [3.8, 4) is 0 Å². The molecule has 2 bridgehead atoms. The summed E-state index contributed by atoms with van der Waals surface area (Å²) in [6.07, 6.45) is 12.3.